The standard InChI is InChI=1S/C18H17ClF2N2O3S/c19-16-12-15(5-6-17(16)21)27(25,26)23-9-7-22(8-10-23)18(24)11-13-1-3-14(20)4-2-13/h1-6,12H,7-11H2. The molecule has 1 aliphatic rings. The van der Waals surface area contributed by atoms with Crippen molar-refractivity contribution in [2.75, 3.05) is 26.2 Å². The number of nitrogens with zero attached hydrogens (tertiary/aromatic N) is 2. The number of sulfonamides is 1. The van der Waals surface area contributed by atoms with Crippen molar-refractivity contribution in [3.63, 3.8) is 0 Å². The lowest BCUT2D eigenvalue weighted by molar-refractivity contribution is -0.131. The van der Waals surface area contributed by atoms with E-state index in [9.17, 15) is 22.0 Å². The van der Waals surface area contributed by atoms with Crippen molar-refractivity contribution in [1.82, 2.24) is 9.21 Å². The molecule has 3 rings (SSSR count). The van der Waals surface area contributed by atoms with Crippen LogP contribution in [0.3, 0.4) is 0 Å². The Balaban J connectivity index is 1.63. The van der Waals surface area contributed by atoms with E-state index in [0.29, 0.717) is 5.56 Å². The van der Waals surface area contributed by atoms with Gasteiger partial charge >= 0.3 is 0 Å². The molecule has 0 radical (unpaired) electrons. The Kier molecular flexibility index (Phi) is 5.78. The maximum absolute atomic E-state index is 13.3. The number of hydrogen-bond donors (Lipinski definition) is 0. The largest absolute Gasteiger partial charge is 0.340 e. The molecule has 1 amide bonds. The molecule has 1 saturated heterocycles. The minimum Gasteiger partial charge on any atom is -0.340 e. The van der Waals surface area contributed by atoms with E-state index in [2.05, 4.69) is 0 Å². The summed E-state index contributed by atoms with van der Waals surface area (Å²) in [5.41, 5.74) is 0.692. The van der Waals surface area contributed by atoms with Crippen LogP contribution in [0.1, 0.15) is 5.56 Å². The van der Waals surface area contributed by atoms with E-state index in [0.717, 1.165) is 12.1 Å². The highest BCUT2D eigenvalue weighted by molar-refractivity contribution is 7.89. The van der Waals surface area contributed by atoms with Crippen LogP contribution >= 0.6 is 11.6 Å². The summed E-state index contributed by atoms with van der Waals surface area (Å²) in [7, 11) is -3.81. The van der Waals surface area contributed by atoms with Gasteiger partial charge in [0, 0.05) is 26.2 Å². The van der Waals surface area contributed by atoms with Crippen LogP contribution in [0.4, 0.5) is 8.78 Å². The van der Waals surface area contributed by atoms with Crippen molar-refractivity contribution in [2.24, 2.45) is 0 Å². The summed E-state index contributed by atoms with van der Waals surface area (Å²) in [6.45, 7) is 0.751. The predicted molar refractivity (Wildman–Crippen MR) is 96.9 cm³/mol. The van der Waals surface area contributed by atoms with Crippen molar-refractivity contribution in [1.29, 1.82) is 0 Å². The molecule has 2 aromatic carbocycles. The third-order valence-corrected chi connectivity index (χ3v) is 6.57. The molecule has 0 spiro atoms. The first-order valence-electron chi connectivity index (χ1n) is 8.25. The van der Waals surface area contributed by atoms with Gasteiger partial charge in [-0.15, -0.1) is 0 Å². The third-order valence-electron chi connectivity index (χ3n) is 4.39. The number of amides is 1. The minimum absolute atomic E-state index is 0.0833. The molecule has 1 aliphatic heterocycles. The van der Waals surface area contributed by atoms with Crippen LogP contribution in [0.2, 0.25) is 5.02 Å². The summed E-state index contributed by atoms with van der Waals surface area (Å²) < 4.78 is 52.8. The van der Waals surface area contributed by atoms with Gasteiger partial charge in [0.25, 0.3) is 0 Å². The van der Waals surface area contributed by atoms with Crippen molar-refractivity contribution in [3.8, 4) is 0 Å². The molecule has 0 atom stereocenters. The molecule has 2 aromatic rings. The van der Waals surface area contributed by atoms with E-state index in [4.69, 9.17) is 11.6 Å². The normalized spacial score (nSPS) is 15.7. The molecule has 0 aliphatic carbocycles. The fraction of sp³-hybridized carbons (Fsp3) is 0.278. The number of carbonyl (C=O) groups is 1. The topological polar surface area (TPSA) is 57.7 Å². The van der Waals surface area contributed by atoms with E-state index in [-0.39, 0.29) is 54.2 Å². The summed E-state index contributed by atoms with van der Waals surface area (Å²) in [5.74, 6) is -1.21. The van der Waals surface area contributed by atoms with E-state index < -0.39 is 15.8 Å². The lowest BCUT2D eigenvalue weighted by Gasteiger charge is -2.34. The van der Waals surface area contributed by atoms with Crippen LogP contribution in [0, 0.1) is 11.6 Å². The zero-order chi connectivity index (χ0) is 19.6. The Hall–Kier alpha value is -2.03. The molecule has 1 fully saturated rings. The Labute approximate surface area is 161 Å². The Morgan fingerprint density at radius 1 is 1.00 bits per heavy atom. The lowest BCUT2D eigenvalue weighted by atomic mass is 10.1. The van der Waals surface area contributed by atoms with Gasteiger partial charge in [-0.25, -0.2) is 17.2 Å². The number of halogens is 3. The van der Waals surface area contributed by atoms with Crippen molar-refractivity contribution >= 4 is 27.5 Å². The molecule has 144 valence electrons. The van der Waals surface area contributed by atoms with Crippen molar-refractivity contribution < 1.29 is 22.0 Å². The monoisotopic (exact) mass is 414 g/mol. The zero-order valence-corrected chi connectivity index (χ0v) is 15.8. The fourth-order valence-corrected chi connectivity index (χ4v) is 4.55. The highest BCUT2D eigenvalue weighted by Crippen LogP contribution is 2.23. The first-order valence-corrected chi connectivity index (χ1v) is 10.1. The van der Waals surface area contributed by atoms with Gasteiger partial charge < -0.3 is 4.90 Å². The molecule has 9 heteroatoms. The Morgan fingerprint density at radius 3 is 2.22 bits per heavy atom. The van der Waals surface area contributed by atoms with Gasteiger partial charge in [0.2, 0.25) is 15.9 Å². The Morgan fingerprint density at radius 2 is 1.63 bits per heavy atom. The summed E-state index contributed by atoms with van der Waals surface area (Å²) in [4.78, 5) is 13.9. The molecule has 0 aromatic heterocycles. The number of carbonyl (C=O) groups excluding carboxylic acids is 1. The highest BCUT2D eigenvalue weighted by Gasteiger charge is 2.30. The van der Waals surface area contributed by atoms with Crippen molar-refractivity contribution in [3.05, 3.63) is 64.7 Å². The molecule has 0 unspecified atom stereocenters. The first kappa shape index (κ1) is 19.7. The summed E-state index contributed by atoms with van der Waals surface area (Å²) >= 11 is 5.68. The third kappa shape index (κ3) is 4.45. The van der Waals surface area contributed by atoms with Gasteiger partial charge in [-0.3, -0.25) is 4.79 Å². The zero-order valence-electron chi connectivity index (χ0n) is 14.2. The molecule has 1 heterocycles. The van der Waals surface area contributed by atoms with Crippen molar-refractivity contribution in [2.45, 2.75) is 11.3 Å². The van der Waals surface area contributed by atoms with E-state index in [1.54, 1.807) is 17.0 Å². The average Bonchev–Trinajstić information content (AvgIpc) is 2.66. The molecule has 0 saturated carbocycles. The van der Waals surface area contributed by atoms with Crippen LogP contribution in [0.5, 0.6) is 0 Å². The number of hydrogen-bond acceptors (Lipinski definition) is 3. The van der Waals surface area contributed by atoms with Gasteiger partial charge in [0.1, 0.15) is 11.6 Å². The van der Waals surface area contributed by atoms with Crippen LogP contribution in [-0.2, 0) is 21.2 Å². The van der Waals surface area contributed by atoms with Gasteiger partial charge in [0.05, 0.1) is 16.3 Å². The second kappa shape index (κ2) is 7.92. The average molecular weight is 415 g/mol. The summed E-state index contributed by atoms with van der Waals surface area (Å²) in [6, 6.07) is 8.94. The highest BCUT2D eigenvalue weighted by atomic mass is 35.5. The Bertz CT molecular complexity index is 944. The van der Waals surface area contributed by atoms with Crippen LogP contribution < -0.4 is 0 Å². The lowest BCUT2D eigenvalue weighted by Crippen LogP contribution is -2.50. The fourth-order valence-electron chi connectivity index (χ4n) is 2.85. The minimum atomic E-state index is -3.81. The predicted octanol–water partition coefficient (Wildman–Crippen LogP) is 2.69. The number of rotatable bonds is 4. The molecule has 5 nitrogen and oxygen atoms in total. The van der Waals surface area contributed by atoms with E-state index in [1.165, 1.54) is 22.5 Å². The van der Waals surface area contributed by atoms with E-state index >= 15 is 0 Å². The van der Waals surface area contributed by atoms with Crippen LogP contribution in [-0.4, -0.2) is 49.7 Å². The molecule has 0 bridgehead atoms. The van der Waals surface area contributed by atoms with E-state index in [1.807, 2.05) is 0 Å². The molecular weight excluding hydrogens is 398 g/mol. The summed E-state index contributed by atoms with van der Waals surface area (Å²) in [5, 5.41) is -0.260. The van der Waals surface area contributed by atoms with Crippen LogP contribution in [0.15, 0.2) is 47.4 Å². The molecule has 0 N–H and O–H groups in total. The smallest absolute Gasteiger partial charge is 0.243 e. The van der Waals surface area contributed by atoms with Crippen LogP contribution in [0.25, 0.3) is 0 Å². The van der Waals surface area contributed by atoms with Gasteiger partial charge in [-0.05, 0) is 35.9 Å². The second-order valence-electron chi connectivity index (χ2n) is 6.16. The number of piperazine rings is 1. The van der Waals surface area contributed by atoms with Gasteiger partial charge in [0.15, 0.2) is 0 Å². The SMILES string of the molecule is O=C(Cc1ccc(F)cc1)N1CCN(S(=O)(=O)c2ccc(F)c(Cl)c2)CC1. The van der Waals surface area contributed by atoms with Gasteiger partial charge in [-0.2, -0.15) is 4.31 Å². The quantitative estimate of drug-likeness (QED) is 0.773. The maximum Gasteiger partial charge on any atom is 0.243 e. The summed E-state index contributed by atoms with van der Waals surface area (Å²) in [6.07, 6.45) is 0.126. The molecule has 27 heavy (non-hydrogen) atoms. The second-order valence-corrected chi connectivity index (χ2v) is 8.51. The number of benzene rings is 2. The van der Waals surface area contributed by atoms with Gasteiger partial charge in [-0.1, -0.05) is 23.7 Å². The maximum atomic E-state index is 13.3. The first-order chi connectivity index (χ1) is 12.8. The molecular formula is C18H17ClF2N2O3S.